The van der Waals surface area contributed by atoms with Crippen molar-refractivity contribution < 1.29 is 14.3 Å². The lowest BCUT2D eigenvalue weighted by atomic mass is 9.65. The Bertz CT molecular complexity index is 1110. The Balaban J connectivity index is 2.16. The summed E-state index contributed by atoms with van der Waals surface area (Å²) in [5.74, 6) is 1.25. The molecule has 0 saturated carbocycles. The Morgan fingerprint density at radius 1 is 0.645 bits per heavy atom. The van der Waals surface area contributed by atoms with Gasteiger partial charge in [0, 0.05) is 11.1 Å². The van der Waals surface area contributed by atoms with E-state index in [4.69, 9.17) is 9.47 Å². The lowest BCUT2D eigenvalue weighted by Gasteiger charge is -2.35. The number of ketones is 1. The summed E-state index contributed by atoms with van der Waals surface area (Å²) in [7, 11) is 3.25. The van der Waals surface area contributed by atoms with E-state index in [-0.39, 0.29) is 5.78 Å². The molecule has 31 heavy (non-hydrogen) atoms. The van der Waals surface area contributed by atoms with Crippen molar-refractivity contribution in [1.82, 2.24) is 0 Å². The molecule has 4 rings (SSSR count). The largest absolute Gasteiger partial charge is 0.497 e. The third kappa shape index (κ3) is 3.59. The van der Waals surface area contributed by atoms with Crippen molar-refractivity contribution in [2.24, 2.45) is 0 Å². The quantitative estimate of drug-likeness (QED) is 0.281. The lowest BCUT2D eigenvalue weighted by Crippen LogP contribution is -2.39. The smallest absolute Gasteiger partial charge is 0.182 e. The Labute approximate surface area is 182 Å². The minimum absolute atomic E-state index is 0.0305. The predicted molar refractivity (Wildman–Crippen MR) is 123 cm³/mol. The summed E-state index contributed by atoms with van der Waals surface area (Å²) in [5.41, 5.74) is 1.97. The van der Waals surface area contributed by atoms with Crippen molar-refractivity contribution in [3.63, 3.8) is 0 Å². The molecule has 0 saturated heterocycles. The molecule has 0 aliphatic heterocycles. The summed E-state index contributed by atoms with van der Waals surface area (Å²) in [6, 6.07) is 34.7. The van der Waals surface area contributed by atoms with Crippen LogP contribution in [0.1, 0.15) is 27.0 Å². The Morgan fingerprint density at radius 3 is 1.65 bits per heavy atom. The fourth-order valence-corrected chi connectivity index (χ4v) is 4.15. The number of methoxy groups -OCH3 is 2. The Morgan fingerprint density at radius 2 is 1.16 bits per heavy atom. The van der Waals surface area contributed by atoms with Crippen LogP contribution in [0.3, 0.4) is 0 Å². The maximum Gasteiger partial charge on any atom is 0.182 e. The van der Waals surface area contributed by atoms with E-state index in [1.807, 2.05) is 109 Å². The molecule has 0 aliphatic rings. The molecule has 4 aromatic rings. The summed E-state index contributed by atoms with van der Waals surface area (Å²) < 4.78 is 11.3. The summed E-state index contributed by atoms with van der Waals surface area (Å²) in [6.45, 7) is 0. The van der Waals surface area contributed by atoms with E-state index in [2.05, 4.69) is 0 Å². The van der Waals surface area contributed by atoms with E-state index in [0.717, 1.165) is 16.7 Å². The van der Waals surface area contributed by atoms with E-state index >= 15 is 0 Å². The van der Waals surface area contributed by atoms with Crippen molar-refractivity contribution in [1.29, 1.82) is 0 Å². The molecule has 0 N–H and O–H groups in total. The van der Waals surface area contributed by atoms with E-state index in [1.165, 1.54) is 0 Å². The number of carbonyl (C=O) groups is 1. The van der Waals surface area contributed by atoms with Crippen molar-refractivity contribution in [3.05, 3.63) is 131 Å². The number of hydrogen-bond donors (Lipinski definition) is 0. The van der Waals surface area contributed by atoms with Crippen molar-refractivity contribution in [2.75, 3.05) is 14.2 Å². The second-order valence-electron chi connectivity index (χ2n) is 7.24. The first-order valence-electron chi connectivity index (χ1n) is 10.1. The van der Waals surface area contributed by atoms with Crippen molar-refractivity contribution in [2.45, 2.75) is 5.41 Å². The molecule has 0 atom stereocenters. The van der Waals surface area contributed by atoms with Gasteiger partial charge < -0.3 is 9.47 Å². The molecule has 0 spiro atoms. The zero-order valence-corrected chi connectivity index (χ0v) is 17.6. The Hall–Kier alpha value is -3.85. The summed E-state index contributed by atoms with van der Waals surface area (Å²) >= 11 is 0. The van der Waals surface area contributed by atoms with Crippen LogP contribution >= 0.6 is 0 Å². The van der Waals surface area contributed by atoms with Gasteiger partial charge in [0.25, 0.3) is 0 Å². The van der Waals surface area contributed by atoms with Gasteiger partial charge in [-0.1, -0.05) is 91.0 Å². The van der Waals surface area contributed by atoms with Gasteiger partial charge in [-0.25, -0.2) is 0 Å². The summed E-state index contributed by atoms with van der Waals surface area (Å²) in [5, 5.41) is 0. The van der Waals surface area contributed by atoms with E-state index < -0.39 is 5.41 Å². The molecule has 0 aliphatic carbocycles. The first-order valence-corrected chi connectivity index (χ1v) is 10.1. The Kier molecular flexibility index (Phi) is 5.85. The molecule has 0 amide bonds. The first kappa shape index (κ1) is 20.4. The highest BCUT2D eigenvalue weighted by Crippen LogP contribution is 2.46. The minimum Gasteiger partial charge on any atom is -0.497 e. The van der Waals surface area contributed by atoms with Crippen molar-refractivity contribution in [3.8, 4) is 11.5 Å². The molecule has 0 fully saturated rings. The molecule has 0 bridgehead atoms. The second kappa shape index (κ2) is 8.88. The van der Waals surface area contributed by atoms with Crippen LogP contribution in [0.4, 0.5) is 0 Å². The average molecular weight is 408 g/mol. The van der Waals surface area contributed by atoms with Gasteiger partial charge in [-0.2, -0.15) is 0 Å². The van der Waals surface area contributed by atoms with Gasteiger partial charge in [0.1, 0.15) is 16.9 Å². The first-order chi connectivity index (χ1) is 15.2. The third-order valence-electron chi connectivity index (χ3n) is 5.60. The van der Waals surface area contributed by atoms with E-state index in [1.54, 1.807) is 14.2 Å². The van der Waals surface area contributed by atoms with Crippen LogP contribution in [0.15, 0.2) is 109 Å². The maximum atomic E-state index is 14.4. The third-order valence-corrected chi connectivity index (χ3v) is 5.60. The summed E-state index contributed by atoms with van der Waals surface area (Å²) in [6.07, 6.45) is 0. The van der Waals surface area contributed by atoms with Gasteiger partial charge >= 0.3 is 0 Å². The standard InChI is InChI=1S/C28H24O3/c1-30-24-18-19-26(31-2)25(20-24)28(22-14-8-4-9-15-22,23-16-10-5-11-17-23)27(29)21-12-6-3-7-13-21/h3-20H,1-2H3. The molecule has 0 unspecified atom stereocenters. The number of carbonyl (C=O) groups excluding carboxylic acids is 1. The van der Waals surface area contributed by atoms with Crippen LogP contribution in [0, 0.1) is 0 Å². The lowest BCUT2D eigenvalue weighted by molar-refractivity contribution is 0.0933. The monoisotopic (exact) mass is 408 g/mol. The number of ether oxygens (including phenoxy) is 2. The molecule has 0 aromatic heterocycles. The van der Waals surface area contributed by atoms with Gasteiger partial charge in [-0.15, -0.1) is 0 Å². The summed E-state index contributed by atoms with van der Waals surface area (Å²) in [4.78, 5) is 14.4. The molecule has 4 aromatic carbocycles. The molecule has 0 radical (unpaired) electrons. The fraction of sp³-hybridized carbons (Fsp3) is 0.107. The predicted octanol–water partition coefficient (Wildman–Crippen LogP) is 5.92. The van der Waals surface area contributed by atoms with Crippen LogP contribution in [0.2, 0.25) is 0 Å². The average Bonchev–Trinajstić information content (AvgIpc) is 2.86. The molecular formula is C28H24O3. The van der Waals surface area contributed by atoms with Crippen LogP contribution < -0.4 is 9.47 Å². The highest BCUT2D eigenvalue weighted by Gasteiger charge is 2.46. The number of Topliss-reactive ketones (excluding diaryl/α,β-unsaturated/α-hetero) is 1. The van der Waals surface area contributed by atoms with Gasteiger partial charge in [-0.05, 0) is 29.3 Å². The van der Waals surface area contributed by atoms with Crippen LogP contribution in [0.5, 0.6) is 11.5 Å². The topological polar surface area (TPSA) is 35.5 Å². The molecular weight excluding hydrogens is 384 g/mol. The molecule has 0 heterocycles. The molecule has 3 heteroatoms. The van der Waals surface area contributed by atoms with Gasteiger partial charge in [-0.3, -0.25) is 4.79 Å². The maximum absolute atomic E-state index is 14.4. The zero-order valence-electron chi connectivity index (χ0n) is 17.6. The minimum atomic E-state index is -1.12. The number of hydrogen-bond acceptors (Lipinski definition) is 3. The van der Waals surface area contributed by atoms with Gasteiger partial charge in [0.05, 0.1) is 14.2 Å². The van der Waals surface area contributed by atoms with Crippen LogP contribution in [-0.2, 0) is 5.41 Å². The zero-order chi connectivity index (χ0) is 21.7. The van der Waals surface area contributed by atoms with Crippen molar-refractivity contribution >= 4 is 5.78 Å². The van der Waals surface area contributed by atoms with E-state index in [0.29, 0.717) is 17.1 Å². The molecule has 3 nitrogen and oxygen atoms in total. The van der Waals surface area contributed by atoms with Gasteiger partial charge in [0.15, 0.2) is 5.78 Å². The van der Waals surface area contributed by atoms with Crippen LogP contribution in [0.25, 0.3) is 0 Å². The van der Waals surface area contributed by atoms with E-state index in [9.17, 15) is 4.79 Å². The van der Waals surface area contributed by atoms with Gasteiger partial charge in [0.2, 0.25) is 0 Å². The number of benzene rings is 4. The highest BCUT2D eigenvalue weighted by atomic mass is 16.5. The fourth-order valence-electron chi connectivity index (χ4n) is 4.15. The second-order valence-corrected chi connectivity index (χ2v) is 7.24. The normalized spacial score (nSPS) is 11.0. The van der Waals surface area contributed by atoms with Crippen LogP contribution in [-0.4, -0.2) is 20.0 Å². The SMILES string of the molecule is COc1ccc(OC)c(C(C(=O)c2ccccc2)(c2ccccc2)c2ccccc2)c1. The molecule has 154 valence electrons. The highest BCUT2D eigenvalue weighted by molar-refractivity contribution is 6.09. The number of rotatable bonds is 7.